The molecule has 0 fully saturated rings. The van der Waals surface area contributed by atoms with Crippen molar-refractivity contribution in [1.82, 2.24) is 4.98 Å². The normalized spacial score (nSPS) is 10.2. The van der Waals surface area contributed by atoms with Crippen LogP contribution < -0.4 is 10.2 Å². The summed E-state index contributed by atoms with van der Waals surface area (Å²) in [6.07, 6.45) is 2.68. The molecule has 1 N–H and O–H groups in total. The lowest BCUT2D eigenvalue weighted by atomic mass is 10.1. The Morgan fingerprint density at radius 1 is 1.29 bits per heavy atom. The summed E-state index contributed by atoms with van der Waals surface area (Å²) in [7, 11) is 1.80. The zero-order valence-corrected chi connectivity index (χ0v) is 12.8. The molecule has 0 unspecified atom stereocenters. The third-order valence-corrected chi connectivity index (χ3v) is 3.34. The van der Waals surface area contributed by atoms with Crippen LogP contribution in [0.15, 0.2) is 42.6 Å². The number of pyridine rings is 1. The van der Waals surface area contributed by atoms with Gasteiger partial charge in [-0.2, -0.15) is 0 Å². The number of carbonyl (C=O) groups is 1. The van der Waals surface area contributed by atoms with Gasteiger partial charge in [0.25, 0.3) is 5.91 Å². The van der Waals surface area contributed by atoms with Gasteiger partial charge in [-0.05, 0) is 37.1 Å². The quantitative estimate of drug-likeness (QED) is 0.913. The van der Waals surface area contributed by atoms with Gasteiger partial charge in [-0.1, -0.05) is 25.1 Å². The Kier molecular flexibility index (Phi) is 4.93. The van der Waals surface area contributed by atoms with Crippen LogP contribution in [0.25, 0.3) is 0 Å². The third-order valence-electron chi connectivity index (χ3n) is 3.34. The molecular formula is C17H21N3O. The van der Waals surface area contributed by atoms with E-state index in [2.05, 4.69) is 17.2 Å². The summed E-state index contributed by atoms with van der Waals surface area (Å²) in [6, 6.07) is 11.4. The number of benzene rings is 1. The summed E-state index contributed by atoms with van der Waals surface area (Å²) < 4.78 is 0. The molecule has 2 aromatic rings. The Hall–Kier alpha value is -2.36. The molecule has 1 aromatic heterocycles. The second-order valence-corrected chi connectivity index (χ2v) is 5.01. The van der Waals surface area contributed by atoms with Crippen LogP contribution in [0.2, 0.25) is 0 Å². The van der Waals surface area contributed by atoms with Crippen molar-refractivity contribution in [2.45, 2.75) is 20.3 Å². The van der Waals surface area contributed by atoms with E-state index in [1.807, 2.05) is 31.2 Å². The lowest BCUT2D eigenvalue weighted by Gasteiger charge is -2.19. The smallest absolute Gasteiger partial charge is 0.258 e. The van der Waals surface area contributed by atoms with E-state index in [1.165, 1.54) is 0 Å². The van der Waals surface area contributed by atoms with E-state index in [0.717, 1.165) is 30.0 Å². The van der Waals surface area contributed by atoms with E-state index in [1.54, 1.807) is 30.3 Å². The molecule has 0 radical (unpaired) electrons. The topological polar surface area (TPSA) is 45.2 Å². The Labute approximate surface area is 125 Å². The molecule has 0 saturated heterocycles. The number of anilines is 2. The van der Waals surface area contributed by atoms with E-state index >= 15 is 0 Å². The minimum absolute atomic E-state index is 0.0359. The van der Waals surface area contributed by atoms with Crippen LogP contribution in [0.1, 0.15) is 29.3 Å². The van der Waals surface area contributed by atoms with E-state index in [-0.39, 0.29) is 5.91 Å². The molecule has 0 aliphatic rings. The number of rotatable bonds is 5. The molecule has 0 atom stereocenters. The highest BCUT2D eigenvalue weighted by Crippen LogP contribution is 2.20. The maximum Gasteiger partial charge on any atom is 0.258 e. The molecule has 0 bridgehead atoms. The van der Waals surface area contributed by atoms with Gasteiger partial charge in [-0.3, -0.25) is 4.79 Å². The Morgan fingerprint density at radius 3 is 2.76 bits per heavy atom. The third kappa shape index (κ3) is 3.60. The predicted molar refractivity (Wildman–Crippen MR) is 86.9 cm³/mol. The second kappa shape index (κ2) is 6.88. The standard InChI is InChI=1S/C17H21N3O/c1-4-10-18-16-12-14(9-11-19-16)17(21)20(3)15-8-6-5-7-13(15)2/h5-9,11-12H,4,10H2,1-3H3,(H,18,19). The highest BCUT2D eigenvalue weighted by molar-refractivity contribution is 6.06. The largest absolute Gasteiger partial charge is 0.370 e. The SMILES string of the molecule is CCCNc1cc(C(=O)N(C)c2ccccc2C)ccn1. The minimum atomic E-state index is -0.0359. The fourth-order valence-electron chi connectivity index (χ4n) is 2.16. The summed E-state index contributed by atoms with van der Waals surface area (Å²) in [5.74, 6) is 0.701. The number of hydrogen-bond donors (Lipinski definition) is 1. The van der Waals surface area contributed by atoms with E-state index in [9.17, 15) is 4.79 Å². The minimum Gasteiger partial charge on any atom is -0.370 e. The number of carbonyl (C=O) groups excluding carboxylic acids is 1. The van der Waals surface area contributed by atoms with Crippen molar-refractivity contribution in [2.75, 3.05) is 23.8 Å². The van der Waals surface area contributed by atoms with Crippen LogP contribution in [0.5, 0.6) is 0 Å². The zero-order chi connectivity index (χ0) is 15.2. The number of amides is 1. The molecule has 0 aliphatic carbocycles. The maximum atomic E-state index is 12.6. The number of aromatic nitrogens is 1. The molecule has 1 aromatic carbocycles. The van der Waals surface area contributed by atoms with E-state index in [4.69, 9.17) is 0 Å². The number of nitrogens with zero attached hydrogens (tertiary/aromatic N) is 2. The first-order chi connectivity index (χ1) is 10.1. The summed E-state index contributed by atoms with van der Waals surface area (Å²) in [4.78, 5) is 18.5. The lowest BCUT2D eigenvalue weighted by Crippen LogP contribution is -2.27. The molecule has 4 heteroatoms. The van der Waals surface area contributed by atoms with Crippen LogP contribution >= 0.6 is 0 Å². The Morgan fingerprint density at radius 2 is 2.05 bits per heavy atom. The van der Waals surface area contributed by atoms with Crippen LogP contribution in [0, 0.1) is 6.92 Å². The number of para-hydroxylation sites is 1. The van der Waals surface area contributed by atoms with Gasteiger partial charge in [0, 0.05) is 31.0 Å². The first-order valence-electron chi connectivity index (χ1n) is 7.17. The van der Waals surface area contributed by atoms with Gasteiger partial charge in [0.05, 0.1) is 0 Å². The van der Waals surface area contributed by atoms with Crippen LogP contribution in [0.3, 0.4) is 0 Å². The summed E-state index contributed by atoms with van der Waals surface area (Å²) in [5.41, 5.74) is 2.63. The van der Waals surface area contributed by atoms with E-state index < -0.39 is 0 Å². The average molecular weight is 283 g/mol. The molecule has 1 amide bonds. The van der Waals surface area contributed by atoms with Crippen molar-refractivity contribution in [3.05, 3.63) is 53.7 Å². The zero-order valence-electron chi connectivity index (χ0n) is 12.8. The van der Waals surface area contributed by atoms with Crippen LogP contribution in [-0.2, 0) is 0 Å². The molecule has 1 heterocycles. The van der Waals surface area contributed by atoms with Gasteiger partial charge in [-0.15, -0.1) is 0 Å². The number of nitrogens with one attached hydrogen (secondary N) is 1. The van der Waals surface area contributed by atoms with Gasteiger partial charge >= 0.3 is 0 Å². The Balaban J connectivity index is 2.21. The molecule has 0 aliphatic heterocycles. The van der Waals surface area contributed by atoms with Crippen molar-refractivity contribution in [1.29, 1.82) is 0 Å². The van der Waals surface area contributed by atoms with Crippen molar-refractivity contribution < 1.29 is 4.79 Å². The molecule has 4 nitrogen and oxygen atoms in total. The lowest BCUT2D eigenvalue weighted by molar-refractivity contribution is 0.0993. The molecule has 2 rings (SSSR count). The second-order valence-electron chi connectivity index (χ2n) is 5.01. The van der Waals surface area contributed by atoms with Gasteiger partial charge in [0.1, 0.15) is 5.82 Å². The van der Waals surface area contributed by atoms with Crippen molar-refractivity contribution in [3.8, 4) is 0 Å². The van der Waals surface area contributed by atoms with Crippen molar-refractivity contribution >= 4 is 17.4 Å². The van der Waals surface area contributed by atoms with Gasteiger partial charge in [0.15, 0.2) is 0 Å². The summed E-state index contributed by atoms with van der Waals surface area (Å²) >= 11 is 0. The van der Waals surface area contributed by atoms with Crippen LogP contribution in [0.4, 0.5) is 11.5 Å². The highest BCUT2D eigenvalue weighted by atomic mass is 16.2. The highest BCUT2D eigenvalue weighted by Gasteiger charge is 2.15. The van der Waals surface area contributed by atoms with Crippen molar-refractivity contribution in [2.24, 2.45) is 0 Å². The van der Waals surface area contributed by atoms with Gasteiger partial charge in [0.2, 0.25) is 0 Å². The predicted octanol–water partition coefficient (Wildman–Crippen LogP) is 3.49. The molecule has 0 saturated carbocycles. The molecule has 0 spiro atoms. The monoisotopic (exact) mass is 283 g/mol. The number of hydrogen-bond acceptors (Lipinski definition) is 3. The molecule has 110 valence electrons. The Bertz CT molecular complexity index is 625. The first kappa shape index (κ1) is 15.0. The maximum absolute atomic E-state index is 12.6. The summed E-state index contributed by atoms with van der Waals surface area (Å²) in [5, 5.41) is 3.20. The fraction of sp³-hybridized carbons (Fsp3) is 0.294. The van der Waals surface area contributed by atoms with Gasteiger partial charge < -0.3 is 10.2 Å². The molecular weight excluding hydrogens is 262 g/mol. The summed E-state index contributed by atoms with van der Waals surface area (Å²) in [6.45, 7) is 4.94. The number of aryl methyl sites for hydroxylation is 1. The fourth-order valence-corrected chi connectivity index (χ4v) is 2.16. The average Bonchev–Trinajstić information content (AvgIpc) is 2.52. The van der Waals surface area contributed by atoms with Crippen LogP contribution in [-0.4, -0.2) is 24.5 Å². The van der Waals surface area contributed by atoms with Gasteiger partial charge in [-0.25, -0.2) is 4.98 Å². The first-order valence-corrected chi connectivity index (χ1v) is 7.17. The van der Waals surface area contributed by atoms with E-state index in [0.29, 0.717) is 5.56 Å². The molecule has 21 heavy (non-hydrogen) atoms. The van der Waals surface area contributed by atoms with Crippen molar-refractivity contribution in [3.63, 3.8) is 0 Å².